The van der Waals surface area contributed by atoms with E-state index in [1.165, 1.54) is 43.1 Å². The van der Waals surface area contributed by atoms with E-state index in [1.807, 2.05) is 6.92 Å². The summed E-state index contributed by atoms with van der Waals surface area (Å²) in [6, 6.07) is 9.26. The molecular formula is C17H24N2O. The molecule has 1 aliphatic rings. The minimum Gasteiger partial charge on any atom is -0.494 e. The van der Waals surface area contributed by atoms with Gasteiger partial charge in [0.25, 0.3) is 0 Å². The summed E-state index contributed by atoms with van der Waals surface area (Å²) in [5.74, 6) is 0.965. The monoisotopic (exact) mass is 272 g/mol. The van der Waals surface area contributed by atoms with Crippen molar-refractivity contribution in [2.45, 2.75) is 45.2 Å². The Morgan fingerprint density at radius 3 is 3.05 bits per heavy atom. The second-order valence-electron chi connectivity index (χ2n) is 5.60. The van der Waals surface area contributed by atoms with Crippen LogP contribution in [0, 0.1) is 0 Å². The third-order valence-corrected chi connectivity index (χ3v) is 4.18. The van der Waals surface area contributed by atoms with Crippen LogP contribution in [-0.4, -0.2) is 23.8 Å². The molecule has 1 aromatic carbocycles. The van der Waals surface area contributed by atoms with E-state index in [2.05, 4.69) is 40.3 Å². The first-order valence-corrected chi connectivity index (χ1v) is 7.82. The van der Waals surface area contributed by atoms with Gasteiger partial charge < -0.3 is 14.6 Å². The van der Waals surface area contributed by atoms with Gasteiger partial charge in [-0.15, -0.1) is 0 Å². The van der Waals surface area contributed by atoms with Crippen molar-refractivity contribution in [1.82, 2.24) is 9.88 Å². The van der Waals surface area contributed by atoms with Gasteiger partial charge in [-0.1, -0.05) is 6.42 Å². The molecule has 2 aromatic rings. The zero-order chi connectivity index (χ0) is 13.8. The van der Waals surface area contributed by atoms with Crippen LogP contribution in [-0.2, 0) is 6.54 Å². The summed E-state index contributed by atoms with van der Waals surface area (Å²) in [7, 11) is 0. The van der Waals surface area contributed by atoms with Gasteiger partial charge in [-0.25, -0.2) is 0 Å². The molecule has 1 aromatic heterocycles. The Balaban J connectivity index is 1.68. The molecule has 0 spiro atoms. The van der Waals surface area contributed by atoms with Gasteiger partial charge in [-0.05, 0) is 57.0 Å². The third-order valence-electron chi connectivity index (χ3n) is 4.18. The van der Waals surface area contributed by atoms with Gasteiger partial charge in [0.2, 0.25) is 0 Å². The summed E-state index contributed by atoms with van der Waals surface area (Å²) in [5, 5.41) is 4.89. The number of nitrogens with one attached hydrogen (secondary N) is 1. The molecular weight excluding hydrogens is 248 g/mol. The Kier molecular flexibility index (Phi) is 4.26. The molecule has 0 radical (unpaired) electrons. The van der Waals surface area contributed by atoms with E-state index in [4.69, 9.17) is 4.74 Å². The van der Waals surface area contributed by atoms with Crippen LogP contribution >= 0.6 is 0 Å². The predicted molar refractivity (Wildman–Crippen MR) is 83.4 cm³/mol. The number of hydrogen-bond acceptors (Lipinski definition) is 2. The number of nitrogens with zero attached hydrogens (tertiary/aromatic N) is 1. The van der Waals surface area contributed by atoms with Gasteiger partial charge in [0.05, 0.1) is 6.61 Å². The maximum atomic E-state index is 5.56. The number of aryl methyl sites for hydroxylation is 1. The van der Waals surface area contributed by atoms with Crippen molar-refractivity contribution in [2.75, 3.05) is 13.2 Å². The average Bonchev–Trinajstić information content (AvgIpc) is 2.89. The Labute approximate surface area is 120 Å². The van der Waals surface area contributed by atoms with Crippen molar-refractivity contribution in [3.63, 3.8) is 0 Å². The van der Waals surface area contributed by atoms with Crippen molar-refractivity contribution in [1.29, 1.82) is 0 Å². The molecule has 1 N–H and O–H groups in total. The Morgan fingerprint density at radius 1 is 1.30 bits per heavy atom. The summed E-state index contributed by atoms with van der Waals surface area (Å²) < 4.78 is 7.92. The number of fused-ring (bicyclic) bond motifs is 1. The summed E-state index contributed by atoms with van der Waals surface area (Å²) >= 11 is 0. The molecule has 108 valence electrons. The summed E-state index contributed by atoms with van der Waals surface area (Å²) in [4.78, 5) is 0. The van der Waals surface area contributed by atoms with Crippen LogP contribution in [0.5, 0.6) is 5.75 Å². The van der Waals surface area contributed by atoms with Gasteiger partial charge in [0, 0.05) is 29.7 Å². The number of benzene rings is 1. The Morgan fingerprint density at radius 2 is 2.25 bits per heavy atom. The number of piperidine rings is 1. The first-order chi connectivity index (χ1) is 9.86. The van der Waals surface area contributed by atoms with Gasteiger partial charge in [-0.2, -0.15) is 0 Å². The molecule has 1 aliphatic heterocycles. The fourth-order valence-corrected chi connectivity index (χ4v) is 3.09. The molecule has 0 aliphatic carbocycles. The lowest BCUT2D eigenvalue weighted by atomic mass is 10.0. The molecule has 1 fully saturated rings. The number of rotatable bonds is 5. The molecule has 1 saturated heterocycles. The first-order valence-electron chi connectivity index (χ1n) is 7.82. The Bertz CT molecular complexity index is 555. The van der Waals surface area contributed by atoms with Crippen LogP contribution in [0.4, 0.5) is 0 Å². The molecule has 0 amide bonds. The van der Waals surface area contributed by atoms with Crippen molar-refractivity contribution in [2.24, 2.45) is 0 Å². The van der Waals surface area contributed by atoms with Crippen molar-refractivity contribution < 1.29 is 4.74 Å². The lowest BCUT2D eigenvalue weighted by Gasteiger charge is -2.23. The van der Waals surface area contributed by atoms with Crippen LogP contribution in [0.25, 0.3) is 10.9 Å². The minimum atomic E-state index is 0.698. The Hall–Kier alpha value is -1.48. The third kappa shape index (κ3) is 2.98. The zero-order valence-electron chi connectivity index (χ0n) is 12.3. The van der Waals surface area contributed by atoms with E-state index in [0.29, 0.717) is 6.04 Å². The predicted octanol–water partition coefficient (Wildman–Crippen LogP) is 3.57. The lowest BCUT2D eigenvalue weighted by molar-refractivity contribution is 0.340. The molecule has 3 heteroatoms. The maximum Gasteiger partial charge on any atom is 0.120 e. The molecule has 0 saturated carbocycles. The van der Waals surface area contributed by atoms with E-state index in [0.717, 1.165) is 18.9 Å². The fraction of sp³-hybridized carbons (Fsp3) is 0.529. The highest BCUT2D eigenvalue weighted by Crippen LogP contribution is 2.23. The quantitative estimate of drug-likeness (QED) is 0.900. The van der Waals surface area contributed by atoms with Crippen molar-refractivity contribution in [3.05, 3.63) is 30.5 Å². The molecule has 3 rings (SSSR count). The van der Waals surface area contributed by atoms with Gasteiger partial charge in [-0.3, -0.25) is 0 Å². The maximum absolute atomic E-state index is 5.56. The van der Waals surface area contributed by atoms with Crippen LogP contribution < -0.4 is 10.1 Å². The normalized spacial score (nSPS) is 19.4. The topological polar surface area (TPSA) is 26.2 Å². The van der Waals surface area contributed by atoms with E-state index >= 15 is 0 Å². The fourth-order valence-electron chi connectivity index (χ4n) is 3.09. The van der Waals surface area contributed by atoms with Gasteiger partial charge in [0.1, 0.15) is 5.75 Å². The minimum absolute atomic E-state index is 0.698. The lowest BCUT2D eigenvalue weighted by Crippen LogP contribution is -2.34. The smallest absolute Gasteiger partial charge is 0.120 e. The van der Waals surface area contributed by atoms with Crippen molar-refractivity contribution >= 4 is 10.9 Å². The largest absolute Gasteiger partial charge is 0.494 e. The number of ether oxygens (including phenoxy) is 1. The van der Waals surface area contributed by atoms with Crippen LogP contribution in [0.15, 0.2) is 30.5 Å². The molecule has 3 nitrogen and oxygen atoms in total. The average molecular weight is 272 g/mol. The molecule has 1 unspecified atom stereocenters. The highest BCUT2D eigenvalue weighted by Gasteiger charge is 2.12. The summed E-state index contributed by atoms with van der Waals surface area (Å²) in [5.41, 5.74) is 1.31. The first kappa shape index (κ1) is 13.5. The standard InChI is InChI=1S/C17H24N2O/c1-2-20-16-6-7-17-14(13-16)8-11-19(17)12-9-15-5-3-4-10-18-15/h6-8,11,13,15,18H,2-5,9-10,12H2,1H3. The second-order valence-corrected chi connectivity index (χ2v) is 5.60. The van der Waals surface area contributed by atoms with E-state index in [9.17, 15) is 0 Å². The van der Waals surface area contributed by atoms with Gasteiger partial charge in [0.15, 0.2) is 0 Å². The summed E-state index contributed by atoms with van der Waals surface area (Å²) in [6.45, 7) is 5.02. The van der Waals surface area contributed by atoms with Gasteiger partial charge >= 0.3 is 0 Å². The van der Waals surface area contributed by atoms with Crippen LogP contribution in [0.2, 0.25) is 0 Å². The molecule has 2 heterocycles. The van der Waals surface area contributed by atoms with E-state index in [1.54, 1.807) is 0 Å². The van der Waals surface area contributed by atoms with E-state index in [-0.39, 0.29) is 0 Å². The highest BCUT2D eigenvalue weighted by molar-refractivity contribution is 5.81. The van der Waals surface area contributed by atoms with E-state index < -0.39 is 0 Å². The van der Waals surface area contributed by atoms with Crippen molar-refractivity contribution in [3.8, 4) is 5.75 Å². The van der Waals surface area contributed by atoms with Crippen LogP contribution in [0.1, 0.15) is 32.6 Å². The highest BCUT2D eigenvalue weighted by atomic mass is 16.5. The van der Waals surface area contributed by atoms with Crippen LogP contribution in [0.3, 0.4) is 0 Å². The molecule has 20 heavy (non-hydrogen) atoms. The zero-order valence-corrected chi connectivity index (χ0v) is 12.3. The SMILES string of the molecule is CCOc1ccc2c(ccn2CCC2CCCCN2)c1. The molecule has 0 bridgehead atoms. The number of hydrogen-bond donors (Lipinski definition) is 1. The number of aromatic nitrogens is 1. The molecule has 1 atom stereocenters. The second kappa shape index (κ2) is 6.31. The summed E-state index contributed by atoms with van der Waals surface area (Å²) in [6.07, 6.45) is 7.46.